The van der Waals surface area contributed by atoms with E-state index < -0.39 is 0 Å². The molecule has 0 saturated heterocycles. The van der Waals surface area contributed by atoms with Crippen molar-refractivity contribution in [3.05, 3.63) is 224 Å². The summed E-state index contributed by atoms with van der Waals surface area (Å²) in [5.41, 5.74) is 15.4. The van der Waals surface area contributed by atoms with Crippen LogP contribution in [-0.4, -0.2) is 0 Å². The Balaban J connectivity index is 1.02. The standard InChI is InChI=1S/C52H37N/c1-3-12-38(13-4-1)41-28-32-48(33-29-41)53(50-21-10-19-46(37-50)39-14-5-2-6-15-39)49-34-30-42(31-35-49)40-24-26-43(27-25-40)45-18-9-20-47(36-45)52-23-11-17-44-16-7-8-22-51(44)52/h1-37H. The van der Waals surface area contributed by atoms with Gasteiger partial charge in [0.15, 0.2) is 0 Å². The zero-order chi connectivity index (χ0) is 35.4. The van der Waals surface area contributed by atoms with Crippen molar-refractivity contribution in [1.29, 1.82) is 0 Å². The predicted octanol–water partition coefficient (Wildman–Crippen LogP) is 14.6. The molecule has 0 saturated carbocycles. The third-order valence-corrected chi connectivity index (χ3v) is 10.1. The van der Waals surface area contributed by atoms with E-state index in [4.69, 9.17) is 0 Å². The molecule has 9 aromatic rings. The van der Waals surface area contributed by atoms with Gasteiger partial charge in [0.05, 0.1) is 0 Å². The lowest BCUT2D eigenvalue weighted by atomic mass is 9.94. The maximum Gasteiger partial charge on any atom is 0.0467 e. The van der Waals surface area contributed by atoms with Gasteiger partial charge in [-0.25, -0.2) is 0 Å². The van der Waals surface area contributed by atoms with Crippen LogP contribution < -0.4 is 4.90 Å². The summed E-state index contributed by atoms with van der Waals surface area (Å²) in [5, 5.41) is 2.54. The van der Waals surface area contributed by atoms with Crippen LogP contribution in [0.5, 0.6) is 0 Å². The van der Waals surface area contributed by atoms with Gasteiger partial charge in [-0.3, -0.25) is 0 Å². The molecule has 0 bridgehead atoms. The van der Waals surface area contributed by atoms with Gasteiger partial charge >= 0.3 is 0 Å². The zero-order valence-electron chi connectivity index (χ0n) is 29.3. The van der Waals surface area contributed by atoms with Crippen molar-refractivity contribution in [3.63, 3.8) is 0 Å². The molecule has 0 fully saturated rings. The number of fused-ring (bicyclic) bond motifs is 1. The van der Waals surface area contributed by atoms with Crippen molar-refractivity contribution in [2.45, 2.75) is 0 Å². The Bertz CT molecular complexity index is 2620. The van der Waals surface area contributed by atoms with E-state index >= 15 is 0 Å². The van der Waals surface area contributed by atoms with Gasteiger partial charge in [-0.05, 0) is 109 Å². The maximum atomic E-state index is 2.34. The van der Waals surface area contributed by atoms with Gasteiger partial charge in [-0.1, -0.05) is 182 Å². The van der Waals surface area contributed by atoms with E-state index in [1.54, 1.807) is 0 Å². The van der Waals surface area contributed by atoms with E-state index in [1.165, 1.54) is 66.4 Å². The lowest BCUT2D eigenvalue weighted by molar-refractivity contribution is 1.28. The average Bonchev–Trinajstić information content (AvgIpc) is 3.25. The van der Waals surface area contributed by atoms with Crippen molar-refractivity contribution in [3.8, 4) is 55.6 Å². The Labute approximate surface area is 311 Å². The molecular formula is C52H37N. The highest BCUT2D eigenvalue weighted by molar-refractivity contribution is 5.97. The summed E-state index contributed by atoms with van der Waals surface area (Å²) < 4.78 is 0. The molecule has 0 spiro atoms. The summed E-state index contributed by atoms with van der Waals surface area (Å²) in [6.07, 6.45) is 0. The highest BCUT2D eigenvalue weighted by Crippen LogP contribution is 2.39. The minimum absolute atomic E-state index is 1.10. The van der Waals surface area contributed by atoms with Crippen LogP contribution in [-0.2, 0) is 0 Å². The van der Waals surface area contributed by atoms with Crippen LogP contribution in [0.2, 0.25) is 0 Å². The van der Waals surface area contributed by atoms with E-state index in [2.05, 4.69) is 229 Å². The van der Waals surface area contributed by atoms with Crippen molar-refractivity contribution < 1.29 is 0 Å². The van der Waals surface area contributed by atoms with E-state index in [0.29, 0.717) is 0 Å². The van der Waals surface area contributed by atoms with Crippen LogP contribution in [0.1, 0.15) is 0 Å². The Morgan fingerprint density at radius 1 is 0.226 bits per heavy atom. The average molecular weight is 676 g/mol. The van der Waals surface area contributed by atoms with E-state index in [0.717, 1.165) is 17.1 Å². The lowest BCUT2D eigenvalue weighted by Crippen LogP contribution is -2.10. The Hall–Kier alpha value is -6.96. The molecule has 0 aliphatic rings. The van der Waals surface area contributed by atoms with Crippen molar-refractivity contribution in [2.75, 3.05) is 4.90 Å². The van der Waals surface area contributed by atoms with E-state index in [9.17, 15) is 0 Å². The monoisotopic (exact) mass is 675 g/mol. The first-order chi connectivity index (χ1) is 26.3. The summed E-state index contributed by atoms with van der Waals surface area (Å²) in [7, 11) is 0. The van der Waals surface area contributed by atoms with Crippen LogP contribution in [0.3, 0.4) is 0 Å². The molecule has 0 aliphatic carbocycles. The van der Waals surface area contributed by atoms with Crippen molar-refractivity contribution >= 4 is 27.8 Å². The van der Waals surface area contributed by atoms with Crippen molar-refractivity contribution in [2.24, 2.45) is 0 Å². The summed E-state index contributed by atoms with van der Waals surface area (Å²) in [6.45, 7) is 0. The molecule has 0 atom stereocenters. The molecule has 1 nitrogen and oxygen atoms in total. The number of benzene rings is 9. The number of anilines is 3. The Morgan fingerprint density at radius 2 is 0.623 bits per heavy atom. The smallest absolute Gasteiger partial charge is 0.0467 e. The molecule has 0 amide bonds. The van der Waals surface area contributed by atoms with Gasteiger partial charge in [0.2, 0.25) is 0 Å². The fourth-order valence-electron chi connectivity index (χ4n) is 7.34. The molecule has 1 heteroatoms. The summed E-state index contributed by atoms with van der Waals surface area (Å²) in [6, 6.07) is 80.7. The van der Waals surface area contributed by atoms with Gasteiger partial charge in [0.1, 0.15) is 0 Å². The van der Waals surface area contributed by atoms with Gasteiger partial charge < -0.3 is 4.90 Å². The molecule has 9 rings (SSSR count). The third-order valence-electron chi connectivity index (χ3n) is 10.1. The first-order valence-electron chi connectivity index (χ1n) is 18.2. The van der Waals surface area contributed by atoms with Gasteiger partial charge in [0.25, 0.3) is 0 Å². The molecule has 250 valence electrons. The summed E-state index contributed by atoms with van der Waals surface area (Å²) in [5.74, 6) is 0. The van der Waals surface area contributed by atoms with Crippen LogP contribution in [0.4, 0.5) is 17.1 Å². The molecule has 0 aromatic heterocycles. The highest BCUT2D eigenvalue weighted by atomic mass is 15.1. The SMILES string of the molecule is c1ccc(-c2ccc(N(c3ccc(-c4ccc(-c5cccc(-c6cccc7ccccc67)c5)cc4)cc3)c3cccc(-c4ccccc4)c3)cc2)cc1. The lowest BCUT2D eigenvalue weighted by Gasteiger charge is -2.26. The number of hydrogen-bond donors (Lipinski definition) is 0. The second-order valence-corrected chi connectivity index (χ2v) is 13.4. The molecule has 0 radical (unpaired) electrons. The van der Waals surface area contributed by atoms with Gasteiger partial charge in [-0.2, -0.15) is 0 Å². The fraction of sp³-hybridized carbons (Fsp3) is 0. The van der Waals surface area contributed by atoms with Crippen LogP contribution >= 0.6 is 0 Å². The Morgan fingerprint density at radius 3 is 1.25 bits per heavy atom. The molecule has 0 unspecified atom stereocenters. The molecule has 0 heterocycles. The minimum Gasteiger partial charge on any atom is -0.310 e. The van der Waals surface area contributed by atoms with Crippen LogP contribution in [0, 0.1) is 0 Å². The first kappa shape index (κ1) is 32.0. The molecule has 9 aromatic carbocycles. The molecule has 0 N–H and O–H groups in total. The molecule has 0 aliphatic heterocycles. The third kappa shape index (κ3) is 6.65. The van der Waals surface area contributed by atoms with E-state index in [1.807, 2.05) is 0 Å². The van der Waals surface area contributed by atoms with Crippen molar-refractivity contribution in [1.82, 2.24) is 0 Å². The topological polar surface area (TPSA) is 3.24 Å². The number of rotatable bonds is 8. The van der Waals surface area contributed by atoms with E-state index in [-0.39, 0.29) is 0 Å². The normalized spacial score (nSPS) is 11.0. The van der Waals surface area contributed by atoms with Gasteiger partial charge in [-0.15, -0.1) is 0 Å². The summed E-state index contributed by atoms with van der Waals surface area (Å²) in [4.78, 5) is 2.34. The quantitative estimate of drug-likeness (QED) is 0.155. The second kappa shape index (κ2) is 14.3. The van der Waals surface area contributed by atoms with Crippen LogP contribution in [0.25, 0.3) is 66.4 Å². The highest BCUT2D eigenvalue weighted by Gasteiger charge is 2.15. The maximum absolute atomic E-state index is 2.34. The number of nitrogens with zero attached hydrogens (tertiary/aromatic N) is 1. The minimum atomic E-state index is 1.10. The largest absolute Gasteiger partial charge is 0.310 e. The first-order valence-corrected chi connectivity index (χ1v) is 18.2. The predicted molar refractivity (Wildman–Crippen MR) is 226 cm³/mol. The zero-order valence-corrected chi connectivity index (χ0v) is 29.3. The number of hydrogen-bond acceptors (Lipinski definition) is 1. The Kier molecular flexibility index (Phi) is 8.66. The molecular weight excluding hydrogens is 639 g/mol. The van der Waals surface area contributed by atoms with Gasteiger partial charge in [0, 0.05) is 17.1 Å². The summed E-state index contributed by atoms with van der Waals surface area (Å²) >= 11 is 0. The molecule has 53 heavy (non-hydrogen) atoms. The fourth-order valence-corrected chi connectivity index (χ4v) is 7.34. The second-order valence-electron chi connectivity index (χ2n) is 13.4. The van der Waals surface area contributed by atoms with Crippen LogP contribution in [0.15, 0.2) is 224 Å².